The molecule has 0 bridgehead atoms. The fourth-order valence-corrected chi connectivity index (χ4v) is 3.05. The van der Waals surface area contributed by atoms with Gasteiger partial charge < -0.3 is 20.1 Å². The first-order chi connectivity index (χ1) is 10.6. The second kappa shape index (κ2) is 6.25. The van der Waals surface area contributed by atoms with Crippen LogP contribution in [0, 0.1) is 0 Å². The van der Waals surface area contributed by atoms with Crippen LogP contribution in [-0.2, 0) is 4.79 Å². The van der Waals surface area contributed by atoms with Gasteiger partial charge in [-0.15, -0.1) is 0 Å². The molecule has 2 aliphatic heterocycles. The Labute approximate surface area is 129 Å². The van der Waals surface area contributed by atoms with Crippen molar-refractivity contribution in [3.8, 4) is 11.5 Å². The number of piperidine rings is 1. The first-order valence-corrected chi connectivity index (χ1v) is 7.64. The molecule has 1 fully saturated rings. The lowest BCUT2D eigenvalue weighted by molar-refractivity contribution is -0.119. The van der Waals surface area contributed by atoms with E-state index >= 15 is 0 Å². The lowest BCUT2D eigenvalue weighted by Crippen LogP contribution is -2.45. The highest BCUT2D eigenvalue weighted by atomic mass is 16.6. The van der Waals surface area contributed by atoms with Crippen LogP contribution in [0.1, 0.15) is 36.0 Å². The Morgan fingerprint density at radius 2 is 1.95 bits per heavy atom. The van der Waals surface area contributed by atoms with Gasteiger partial charge in [-0.25, -0.2) is 0 Å². The summed E-state index contributed by atoms with van der Waals surface area (Å²) >= 11 is 0. The number of nitrogens with zero attached hydrogens (tertiary/aromatic N) is 1. The van der Waals surface area contributed by atoms with Crippen LogP contribution in [0.4, 0.5) is 0 Å². The number of nitrogens with two attached hydrogens (primary N) is 1. The third-order valence-corrected chi connectivity index (χ3v) is 4.11. The summed E-state index contributed by atoms with van der Waals surface area (Å²) in [5.74, 6) is 0.811. The number of carbonyl (C=O) groups excluding carboxylic acids is 2. The van der Waals surface area contributed by atoms with Gasteiger partial charge in [0.2, 0.25) is 5.91 Å². The summed E-state index contributed by atoms with van der Waals surface area (Å²) in [5.41, 5.74) is 5.86. The predicted molar refractivity (Wildman–Crippen MR) is 79.9 cm³/mol. The molecule has 6 heteroatoms. The SMILES string of the molecule is NC(=O)C[C@@H]1CCCCN1C(=O)c1ccc2c(c1)OCCO2. The van der Waals surface area contributed by atoms with Gasteiger partial charge in [-0.2, -0.15) is 0 Å². The smallest absolute Gasteiger partial charge is 0.254 e. The molecule has 2 heterocycles. The molecule has 22 heavy (non-hydrogen) atoms. The number of benzene rings is 1. The Balaban J connectivity index is 1.80. The van der Waals surface area contributed by atoms with Crippen molar-refractivity contribution in [1.82, 2.24) is 4.90 Å². The summed E-state index contributed by atoms with van der Waals surface area (Å²) in [6.07, 6.45) is 3.00. The molecule has 0 unspecified atom stereocenters. The fraction of sp³-hybridized carbons (Fsp3) is 0.500. The maximum Gasteiger partial charge on any atom is 0.254 e. The highest BCUT2D eigenvalue weighted by Crippen LogP contribution is 2.32. The van der Waals surface area contributed by atoms with Crippen LogP contribution < -0.4 is 15.2 Å². The van der Waals surface area contributed by atoms with E-state index in [-0.39, 0.29) is 24.3 Å². The number of ether oxygens (including phenoxy) is 2. The van der Waals surface area contributed by atoms with Crippen LogP contribution in [0.5, 0.6) is 11.5 Å². The Kier molecular flexibility index (Phi) is 4.18. The third-order valence-electron chi connectivity index (χ3n) is 4.11. The molecule has 0 radical (unpaired) electrons. The minimum Gasteiger partial charge on any atom is -0.486 e. The molecule has 0 spiro atoms. The van der Waals surface area contributed by atoms with Crippen LogP contribution in [0.25, 0.3) is 0 Å². The molecule has 1 aromatic carbocycles. The predicted octanol–water partition coefficient (Wildman–Crippen LogP) is 1.33. The summed E-state index contributed by atoms with van der Waals surface area (Å²) in [5, 5.41) is 0. The van der Waals surface area contributed by atoms with Crippen molar-refractivity contribution >= 4 is 11.8 Å². The number of carbonyl (C=O) groups is 2. The average molecular weight is 304 g/mol. The van der Waals surface area contributed by atoms with Crippen molar-refractivity contribution in [1.29, 1.82) is 0 Å². The normalized spacial score (nSPS) is 20.5. The van der Waals surface area contributed by atoms with Gasteiger partial charge in [-0.1, -0.05) is 0 Å². The molecule has 0 saturated carbocycles. The number of fused-ring (bicyclic) bond motifs is 1. The first-order valence-electron chi connectivity index (χ1n) is 7.64. The zero-order chi connectivity index (χ0) is 15.5. The van der Waals surface area contributed by atoms with Crippen LogP contribution in [0.2, 0.25) is 0 Å². The number of likely N-dealkylation sites (tertiary alicyclic amines) is 1. The molecule has 3 rings (SSSR count). The fourth-order valence-electron chi connectivity index (χ4n) is 3.05. The van der Waals surface area contributed by atoms with E-state index in [1.807, 2.05) is 0 Å². The molecule has 6 nitrogen and oxygen atoms in total. The standard InChI is InChI=1S/C16H20N2O4/c17-15(19)10-12-3-1-2-6-18(12)16(20)11-4-5-13-14(9-11)22-8-7-21-13/h4-5,9,12H,1-3,6-8,10H2,(H2,17,19)/t12-/m0/s1. The molecule has 2 N–H and O–H groups in total. The Hall–Kier alpha value is -2.24. The zero-order valence-corrected chi connectivity index (χ0v) is 12.4. The van der Waals surface area contributed by atoms with Gasteiger partial charge in [0.25, 0.3) is 5.91 Å². The van der Waals surface area contributed by atoms with Crippen molar-refractivity contribution in [2.75, 3.05) is 19.8 Å². The second-order valence-corrected chi connectivity index (χ2v) is 5.68. The van der Waals surface area contributed by atoms with Crippen molar-refractivity contribution in [2.45, 2.75) is 31.7 Å². The highest BCUT2D eigenvalue weighted by Gasteiger charge is 2.29. The van der Waals surface area contributed by atoms with Gasteiger partial charge in [-0.3, -0.25) is 9.59 Å². The van der Waals surface area contributed by atoms with Gasteiger partial charge in [0.05, 0.1) is 0 Å². The average Bonchev–Trinajstić information content (AvgIpc) is 2.54. The quantitative estimate of drug-likeness (QED) is 0.913. The van der Waals surface area contributed by atoms with Gasteiger partial charge in [0.1, 0.15) is 13.2 Å². The van der Waals surface area contributed by atoms with E-state index in [9.17, 15) is 9.59 Å². The molecule has 0 aliphatic carbocycles. The molecule has 2 aliphatic rings. The largest absolute Gasteiger partial charge is 0.486 e. The minimum atomic E-state index is -0.369. The number of amides is 2. The zero-order valence-electron chi connectivity index (χ0n) is 12.4. The van der Waals surface area contributed by atoms with Gasteiger partial charge in [0, 0.05) is 24.6 Å². The van der Waals surface area contributed by atoms with E-state index in [1.165, 1.54) is 0 Å². The lowest BCUT2D eigenvalue weighted by atomic mass is 9.98. The molecule has 0 aromatic heterocycles. The molecule has 1 saturated heterocycles. The Morgan fingerprint density at radius 3 is 2.73 bits per heavy atom. The Bertz CT molecular complexity index is 588. The van der Waals surface area contributed by atoms with Gasteiger partial charge in [0.15, 0.2) is 11.5 Å². The molecule has 2 amide bonds. The summed E-state index contributed by atoms with van der Waals surface area (Å²) < 4.78 is 11.0. The number of hydrogen-bond acceptors (Lipinski definition) is 4. The lowest BCUT2D eigenvalue weighted by Gasteiger charge is -2.35. The Morgan fingerprint density at radius 1 is 1.18 bits per heavy atom. The number of hydrogen-bond donors (Lipinski definition) is 1. The van der Waals surface area contributed by atoms with Gasteiger partial charge in [-0.05, 0) is 37.5 Å². The van der Waals surface area contributed by atoms with Crippen LogP contribution in [-0.4, -0.2) is 42.5 Å². The van der Waals surface area contributed by atoms with Crippen molar-refractivity contribution in [2.24, 2.45) is 5.73 Å². The molecule has 1 atom stereocenters. The molecular formula is C16H20N2O4. The summed E-state index contributed by atoms with van der Waals surface area (Å²) in [6, 6.07) is 5.11. The number of rotatable bonds is 3. The van der Waals surface area contributed by atoms with Crippen LogP contribution in [0.3, 0.4) is 0 Å². The topological polar surface area (TPSA) is 81.9 Å². The highest BCUT2D eigenvalue weighted by molar-refractivity contribution is 5.95. The van der Waals surface area contributed by atoms with Crippen molar-refractivity contribution < 1.29 is 19.1 Å². The molecule has 118 valence electrons. The van der Waals surface area contributed by atoms with E-state index in [2.05, 4.69) is 0 Å². The van der Waals surface area contributed by atoms with E-state index in [0.29, 0.717) is 36.8 Å². The van der Waals surface area contributed by atoms with Gasteiger partial charge >= 0.3 is 0 Å². The van der Waals surface area contributed by atoms with Crippen molar-refractivity contribution in [3.05, 3.63) is 23.8 Å². The maximum atomic E-state index is 12.8. The second-order valence-electron chi connectivity index (χ2n) is 5.68. The summed E-state index contributed by atoms with van der Waals surface area (Å²) in [6.45, 7) is 1.66. The summed E-state index contributed by atoms with van der Waals surface area (Å²) in [7, 11) is 0. The summed E-state index contributed by atoms with van der Waals surface area (Å²) in [4.78, 5) is 25.7. The maximum absolute atomic E-state index is 12.8. The molecular weight excluding hydrogens is 284 g/mol. The van der Waals surface area contributed by atoms with E-state index < -0.39 is 0 Å². The van der Waals surface area contributed by atoms with E-state index in [0.717, 1.165) is 19.3 Å². The molecule has 1 aromatic rings. The van der Waals surface area contributed by atoms with E-state index in [4.69, 9.17) is 15.2 Å². The number of primary amides is 1. The van der Waals surface area contributed by atoms with E-state index in [1.54, 1.807) is 23.1 Å². The van der Waals surface area contributed by atoms with Crippen LogP contribution >= 0.6 is 0 Å². The van der Waals surface area contributed by atoms with Crippen molar-refractivity contribution in [3.63, 3.8) is 0 Å². The monoisotopic (exact) mass is 304 g/mol. The van der Waals surface area contributed by atoms with Crippen LogP contribution in [0.15, 0.2) is 18.2 Å². The third kappa shape index (κ3) is 3.00. The minimum absolute atomic E-state index is 0.0806. The first kappa shape index (κ1) is 14.7.